The van der Waals surface area contributed by atoms with E-state index in [-0.39, 0.29) is 6.10 Å². The van der Waals surface area contributed by atoms with Crippen LogP contribution >= 0.6 is 11.3 Å². The number of aliphatic hydroxyl groups excluding tert-OH is 1. The summed E-state index contributed by atoms with van der Waals surface area (Å²) in [4.78, 5) is 1.39. The number of hydrogen-bond donors (Lipinski definition) is 1. The minimum atomic E-state index is -0.381. The SMILES string of the molecule is Cn1cc(C(O)CCCc2cccs2)cn1. The van der Waals surface area contributed by atoms with E-state index in [1.54, 1.807) is 22.2 Å². The normalized spacial score (nSPS) is 12.9. The van der Waals surface area contributed by atoms with E-state index >= 15 is 0 Å². The second-order valence-electron chi connectivity index (χ2n) is 3.93. The predicted octanol–water partition coefficient (Wildman–Crippen LogP) is 2.54. The molecule has 0 saturated heterocycles. The maximum atomic E-state index is 9.91. The van der Waals surface area contributed by atoms with Crippen LogP contribution in [-0.4, -0.2) is 14.9 Å². The highest BCUT2D eigenvalue weighted by molar-refractivity contribution is 7.09. The molecule has 0 radical (unpaired) electrons. The fourth-order valence-corrected chi connectivity index (χ4v) is 2.45. The van der Waals surface area contributed by atoms with Crippen LogP contribution in [-0.2, 0) is 13.5 Å². The molecule has 0 amide bonds. The summed E-state index contributed by atoms with van der Waals surface area (Å²) in [7, 11) is 1.86. The van der Waals surface area contributed by atoms with E-state index in [9.17, 15) is 5.11 Å². The molecule has 2 heterocycles. The third-order valence-electron chi connectivity index (χ3n) is 2.59. The molecular formula is C12H16N2OS. The van der Waals surface area contributed by atoms with Crippen LogP contribution in [0.5, 0.6) is 0 Å². The van der Waals surface area contributed by atoms with Gasteiger partial charge in [0.2, 0.25) is 0 Å². The van der Waals surface area contributed by atoms with Crippen LogP contribution in [0.2, 0.25) is 0 Å². The first-order valence-corrected chi connectivity index (χ1v) is 6.32. The van der Waals surface area contributed by atoms with Crippen LogP contribution in [0.4, 0.5) is 0 Å². The van der Waals surface area contributed by atoms with E-state index < -0.39 is 0 Å². The Morgan fingerprint density at radius 3 is 3.06 bits per heavy atom. The molecule has 0 fully saturated rings. The van der Waals surface area contributed by atoms with E-state index in [4.69, 9.17) is 0 Å². The molecule has 0 aliphatic heterocycles. The molecule has 2 rings (SSSR count). The first kappa shape index (κ1) is 11.4. The van der Waals surface area contributed by atoms with Crippen molar-refractivity contribution in [3.63, 3.8) is 0 Å². The van der Waals surface area contributed by atoms with Gasteiger partial charge in [-0.05, 0) is 30.7 Å². The Kier molecular flexibility index (Phi) is 3.74. The summed E-state index contributed by atoms with van der Waals surface area (Å²) in [5.41, 5.74) is 0.911. The van der Waals surface area contributed by atoms with Gasteiger partial charge in [0.15, 0.2) is 0 Å². The number of hydrogen-bond acceptors (Lipinski definition) is 3. The zero-order chi connectivity index (χ0) is 11.4. The molecule has 3 nitrogen and oxygen atoms in total. The zero-order valence-electron chi connectivity index (χ0n) is 9.34. The molecule has 1 atom stereocenters. The van der Waals surface area contributed by atoms with Crippen molar-refractivity contribution in [2.45, 2.75) is 25.4 Å². The summed E-state index contributed by atoms with van der Waals surface area (Å²) in [6.45, 7) is 0. The first-order chi connectivity index (χ1) is 7.75. The summed E-state index contributed by atoms with van der Waals surface area (Å²) in [6.07, 6.45) is 6.08. The van der Waals surface area contributed by atoms with Gasteiger partial charge in [-0.1, -0.05) is 6.07 Å². The molecule has 16 heavy (non-hydrogen) atoms. The number of aromatic nitrogens is 2. The molecule has 2 aromatic rings. The highest BCUT2D eigenvalue weighted by Crippen LogP contribution is 2.20. The third kappa shape index (κ3) is 2.93. The van der Waals surface area contributed by atoms with Gasteiger partial charge in [0.05, 0.1) is 12.3 Å². The Morgan fingerprint density at radius 1 is 1.56 bits per heavy atom. The zero-order valence-corrected chi connectivity index (χ0v) is 10.2. The van der Waals surface area contributed by atoms with Crippen molar-refractivity contribution < 1.29 is 5.11 Å². The lowest BCUT2D eigenvalue weighted by Crippen LogP contribution is -1.96. The maximum absolute atomic E-state index is 9.91. The standard InChI is InChI=1S/C12H16N2OS/c1-14-9-10(8-13-14)12(15)6-2-4-11-5-3-7-16-11/h3,5,7-9,12,15H,2,4,6H2,1H3. The molecule has 0 spiro atoms. The number of nitrogens with zero attached hydrogens (tertiary/aromatic N) is 2. The molecule has 0 saturated carbocycles. The monoisotopic (exact) mass is 236 g/mol. The molecule has 0 aromatic carbocycles. The molecule has 4 heteroatoms. The molecular weight excluding hydrogens is 220 g/mol. The molecule has 1 N–H and O–H groups in total. The average Bonchev–Trinajstić information content (AvgIpc) is 2.89. The van der Waals surface area contributed by atoms with Crippen LogP contribution in [0.25, 0.3) is 0 Å². The number of rotatable bonds is 5. The second kappa shape index (κ2) is 5.27. The van der Waals surface area contributed by atoms with Gasteiger partial charge in [-0.15, -0.1) is 11.3 Å². The maximum Gasteiger partial charge on any atom is 0.0820 e. The quantitative estimate of drug-likeness (QED) is 0.866. The Bertz CT molecular complexity index is 422. The van der Waals surface area contributed by atoms with Gasteiger partial charge in [0.25, 0.3) is 0 Å². The van der Waals surface area contributed by atoms with Gasteiger partial charge in [-0.2, -0.15) is 5.10 Å². The summed E-state index contributed by atoms with van der Waals surface area (Å²) >= 11 is 1.78. The summed E-state index contributed by atoms with van der Waals surface area (Å²) < 4.78 is 1.72. The molecule has 86 valence electrons. The lowest BCUT2D eigenvalue weighted by Gasteiger charge is -2.06. The van der Waals surface area contributed by atoms with Gasteiger partial charge in [0.1, 0.15) is 0 Å². The average molecular weight is 236 g/mol. The van der Waals surface area contributed by atoms with Crippen LogP contribution in [0.3, 0.4) is 0 Å². The lowest BCUT2D eigenvalue weighted by molar-refractivity contribution is 0.164. The van der Waals surface area contributed by atoms with Gasteiger partial charge in [-0.3, -0.25) is 4.68 Å². The molecule has 0 aliphatic carbocycles. The predicted molar refractivity (Wildman–Crippen MR) is 65.4 cm³/mol. The number of thiophene rings is 1. The first-order valence-electron chi connectivity index (χ1n) is 5.44. The molecule has 0 bridgehead atoms. The second-order valence-corrected chi connectivity index (χ2v) is 4.97. The molecule has 0 aliphatic rings. The molecule has 2 aromatic heterocycles. The van der Waals surface area contributed by atoms with Gasteiger partial charge in [-0.25, -0.2) is 0 Å². The minimum Gasteiger partial charge on any atom is -0.388 e. The van der Waals surface area contributed by atoms with Crippen LogP contribution in [0, 0.1) is 0 Å². The summed E-state index contributed by atoms with van der Waals surface area (Å²) in [6, 6.07) is 4.21. The minimum absolute atomic E-state index is 0.381. The van der Waals surface area contributed by atoms with Crippen LogP contribution < -0.4 is 0 Å². The van der Waals surface area contributed by atoms with E-state index in [1.807, 2.05) is 13.2 Å². The number of aryl methyl sites for hydroxylation is 2. The van der Waals surface area contributed by atoms with Gasteiger partial charge in [0, 0.05) is 23.7 Å². The van der Waals surface area contributed by atoms with Gasteiger partial charge >= 0.3 is 0 Å². The van der Waals surface area contributed by atoms with E-state index in [1.165, 1.54) is 4.88 Å². The van der Waals surface area contributed by atoms with Gasteiger partial charge < -0.3 is 5.11 Å². The van der Waals surface area contributed by atoms with E-state index in [2.05, 4.69) is 22.6 Å². The lowest BCUT2D eigenvalue weighted by atomic mass is 10.1. The van der Waals surface area contributed by atoms with E-state index in [0.29, 0.717) is 0 Å². The highest BCUT2D eigenvalue weighted by atomic mass is 32.1. The van der Waals surface area contributed by atoms with Crippen molar-refractivity contribution >= 4 is 11.3 Å². The van der Waals surface area contributed by atoms with Crippen molar-refractivity contribution in [2.24, 2.45) is 7.05 Å². The fourth-order valence-electron chi connectivity index (χ4n) is 1.70. The summed E-state index contributed by atoms with van der Waals surface area (Å²) in [5, 5.41) is 16.1. The number of aliphatic hydroxyl groups is 1. The van der Waals surface area contributed by atoms with Crippen molar-refractivity contribution in [3.8, 4) is 0 Å². The molecule has 1 unspecified atom stereocenters. The van der Waals surface area contributed by atoms with Crippen molar-refractivity contribution in [3.05, 3.63) is 40.3 Å². The topological polar surface area (TPSA) is 38.0 Å². The Labute approximate surface area is 99.4 Å². The van der Waals surface area contributed by atoms with Crippen molar-refractivity contribution in [2.75, 3.05) is 0 Å². The van der Waals surface area contributed by atoms with Crippen LogP contribution in [0.15, 0.2) is 29.9 Å². The van der Waals surface area contributed by atoms with Crippen molar-refractivity contribution in [1.29, 1.82) is 0 Å². The Balaban J connectivity index is 1.78. The third-order valence-corrected chi connectivity index (χ3v) is 3.53. The van der Waals surface area contributed by atoms with Crippen LogP contribution in [0.1, 0.15) is 29.4 Å². The van der Waals surface area contributed by atoms with E-state index in [0.717, 1.165) is 24.8 Å². The highest BCUT2D eigenvalue weighted by Gasteiger charge is 2.09. The largest absolute Gasteiger partial charge is 0.388 e. The fraction of sp³-hybridized carbons (Fsp3) is 0.417. The smallest absolute Gasteiger partial charge is 0.0820 e. The Morgan fingerprint density at radius 2 is 2.44 bits per heavy atom. The Hall–Kier alpha value is -1.13. The van der Waals surface area contributed by atoms with Crippen molar-refractivity contribution in [1.82, 2.24) is 9.78 Å². The summed E-state index contributed by atoms with van der Waals surface area (Å²) in [5.74, 6) is 0.